The second-order valence-corrected chi connectivity index (χ2v) is 7.04. The average Bonchev–Trinajstić information content (AvgIpc) is 2.76. The number of nitrogens with zero attached hydrogens (tertiary/aromatic N) is 1. The molecule has 0 atom stereocenters. The van der Waals surface area contributed by atoms with Gasteiger partial charge in [-0.1, -0.05) is 6.92 Å². The van der Waals surface area contributed by atoms with Crippen LogP contribution >= 0.6 is 0 Å². The van der Waals surface area contributed by atoms with Crippen molar-refractivity contribution in [2.45, 2.75) is 57.0 Å². The van der Waals surface area contributed by atoms with Crippen LogP contribution in [0.25, 0.3) is 0 Å². The zero-order chi connectivity index (χ0) is 16.4. The molecule has 3 aliphatic rings. The minimum Gasteiger partial charge on any atom is -0.381 e. The van der Waals surface area contributed by atoms with Crippen LogP contribution in [0.5, 0.6) is 0 Å². The molecule has 1 saturated carbocycles. The molecule has 0 aromatic carbocycles. The van der Waals surface area contributed by atoms with Gasteiger partial charge in [-0.2, -0.15) is 0 Å². The van der Waals surface area contributed by atoms with Crippen molar-refractivity contribution in [3.05, 3.63) is 0 Å². The zero-order valence-electron chi connectivity index (χ0n) is 13.6. The fourth-order valence-electron chi connectivity index (χ4n) is 3.67. The Morgan fingerprint density at radius 1 is 1.26 bits per heavy atom. The third-order valence-electron chi connectivity index (χ3n) is 5.26. The van der Waals surface area contributed by atoms with E-state index in [0.29, 0.717) is 32.0 Å². The van der Waals surface area contributed by atoms with E-state index in [9.17, 15) is 14.4 Å². The van der Waals surface area contributed by atoms with Crippen molar-refractivity contribution in [3.8, 4) is 0 Å². The van der Waals surface area contributed by atoms with Crippen molar-refractivity contribution >= 4 is 17.8 Å². The van der Waals surface area contributed by atoms with E-state index in [2.05, 4.69) is 17.6 Å². The van der Waals surface area contributed by atoms with Gasteiger partial charge in [-0.15, -0.1) is 0 Å². The quantitative estimate of drug-likeness (QED) is 0.752. The Kier molecular flexibility index (Phi) is 4.57. The summed E-state index contributed by atoms with van der Waals surface area (Å²) < 4.78 is 5.25. The summed E-state index contributed by atoms with van der Waals surface area (Å²) >= 11 is 0. The highest BCUT2D eigenvalue weighted by Gasteiger charge is 2.52. The highest BCUT2D eigenvalue weighted by Crippen LogP contribution is 2.36. The van der Waals surface area contributed by atoms with Gasteiger partial charge in [-0.05, 0) is 44.4 Å². The number of urea groups is 1. The number of hydrogen-bond donors (Lipinski definition) is 2. The molecule has 1 spiro atoms. The molecule has 0 aromatic heterocycles. The van der Waals surface area contributed by atoms with E-state index < -0.39 is 11.6 Å². The van der Waals surface area contributed by atoms with Crippen molar-refractivity contribution in [2.24, 2.45) is 5.92 Å². The molecule has 2 N–H and O–H groups in total. The lowest BCUT2D eigenvalue weighted by atomic mass is 9.77. The Bertz CT molecular complexity index is 494. The maximum absolute atomic E-state index is 12.7. The first-order valence-electron chi connectivity index (χ1n) is 8.51. The fourth-order valence-corrected chi connectivity index (χ4v) is 3.67. The van der Waals surface area contributed by atoms with E-state index in [1.807, 2.05) is 0 Å². The molecule has 128 valence electrons. The summed E-state index contributed by atoms with van der Waals surface area (Å²) in [5.41, 5.74) is -0.775. The highest BCUT2D eigenvalue weighted by molar-refractivity contribution is 6.09. The fraction of sp³-hybridized carbons (Fsp3) is 0.812. The van der Waals surface area contributed by atoms with Gasteiger partial charge in [0.05, 0.1) is 0 Å². The van der Waals surface area contributed by atoms with Gasteiger partial charge in [-0.3, -0.25) is 14.5 Å². The van der Waals surface area contributed by atoms with Crippen molar-refractivity contribution in [1.29, 1.82) is 0 Å². The average molecular weight is 323 g/mol. The largest absolute Gasteiger partial charge is 0.381 e. The van der Waals surface area contributed by atoms with Gasteiger partial charge in [0.25, 0.3) is 5.91 Å². The normalized spacial score (nSPS) is 32.2. The van der Waals surface area contributed by atoms with E-state index in [1.165, 1.54) is 0 Å². The summed E-state index contributed by atoms with van der Waals surface area (Å²) in [6.07, 6.45) is 4.72. The second-order valence-electron chi connectivity index (χ2n) is 7.04. The van der Waals surface area contributed by atoms with Gasteiger partial charge in [0, 0.05) is 19.3 Å². The summed E-state index contributed by atoms with van der Waals surface area (Å²) in [5.74, 6) is 0.0642. The highest BCUT2D eigenvalue weighted by atomic mass is 16.5. The predicted octanol–water partition coefficient (Wildman–Crippen LogP) is 0.782. The molecule has 4 amide bonds. The van der Waals surface area contributed by atoms with E-state index >= 15 is 0 Å². The van der Waals surface area contributed by atoms with Gasteiger partial charge in [0.15, 0.2) is 0 Å². The Hall–Kier alpha value is -1.63. The number of rotatable bonds is 3. The van der Waals surface area contributed by atoms with E-state index in [1.54, 1.807) is 0 Å². The third-order valence-corrected chi connectivity index (χ3v) is 5.26. The summed E-state index contributed by atoms with van der Waals surface area (Å²) in [5, 5.41) is 5.73. The monoisotopic (exact) mass is 323 g/mol. The number of amides is 4. The molecule has 7 nitrogen and oxygen atoms in total. The molecule has 1 aliphatic carbocycles. The molecular weight excluding hydrogens is 298 g/mol. The first-order chi connectivity index (χ1) is 11.0. The summed E-state index contributed by atoms with van der Waals surface area (Å²) in [4.78, 5) is 38.1. The lowest BCUT2D eigenvalue weighted by Gasteiger charge is -2.33. The van der Waals surface area contributed by atoms with E-state index in [0.717, 1.165) is 30.6 Å². The number of hydrogen-bond acceptors (Lipinski definition) is 4. The first-order valence-corrected chi connectivity index (χ1v) is 8.51. The molecule has 2 heterocycles. The van der Waals surface area contributed by atoms with Crippen molar-refractivity contribution in [1.82, 2.24) is 15.5 Å². The van der Waals surface area contributed by atoms with Gasteiger partial charge in [0.1, 0.15) is 12.1 Å². The number of imide groups is 1. The molecule has 7 heteroatoms. The molecular formula is C16H25N3O4. The van der Waals surface area contributed by atoms with Gasteiger partial charge in [0.2, 0.25) is 5.91 Å². The molecule has 23 heavy (non-hydrogen) atoms. The molecule has 0 unspecified atom stereocenters. The Labute approximate surface area is 136 Å². The lowest BCUT2D eigenvalue weighted by Crippen LogP contribution is -2.50. The molecule has 3 rings (SSSR count). The SMILES string of the molecule is CC1CCC2(CC1)NC(=O)N(CC(=O)NC1CCOCC1)C2=O. The van der Waals surface area contributed by atoms with Crippen LogP contribution in [-0.4, -0.2) is 54.1 Å². The van der Waals surface area contributed by atoms with Crippen LogP contribution in [0.3, 0.4) is 0 Å². The maximum atomic E-state index is 12.7. The first kappa shape index (κ1) is 16.2. The van der Waals surface area contributed by atoms with Crippen molar-refractivity contribution < 1.29 is 19.1 Å². The van der Waals surface area contributed by atoms with Crippen LogP contribution in [-0.2, 0) is 14.3 Å². The van der Waals surface area contributed by atoms with Crippen LogP contribution in [0.4, 0.5) is 4.79 Å². The van der Waals surface area contributed by atoms with Crippen LogP contribution in [0.1, 0.15) is 45.4 Å². The third kappa shape index (κ3) is 3.34. The van der Waals surface area contributed by atoms with Crippen molar-refractivity contribution in [3.63, 3.8) is 0 Å². The van der Waals surface area contributed by atoms with E-state index in [4.69, 9.17) is 4.74 Å². The number of ether oxygens (including phenoxy) is 1. The van der Waals surface area contributed by atoms with Gasteiger partial charge < -0.3 is 15.4 Å². The van der Waals surface area contributed by atoms with Crippen molar-refractivity contribution in [2.75, 3.05) is 19.8 Å². The maximum Gasteiger partial charge on any atom is 0.325 e. The smallest absolute Gasteiger partial charge is 0.325 e. The zero-order valence-corrected chi connectivity index (χ0v) is 13.6. The van der Waals surface area contributed by atoms with Crippen LogP contribution in [0.15, 0.2) is 0 Å². The molecule has 2 saturated heterocycles. The lowest BCUT2D eigenvalue weighted by molar-refractivity contribution is -0.136. The molecule has 0 aromatic rings. The van der Waals surface area contributed by atoms with Crippen LogP contribution < -0.4 is 10.6 Å². The Morgan fingerprint density at radius 3 is 2.57 bits per heavy atom. The summed E-state index contributed by atoms with van der Waals surface area (Å²) in [6.45, 7) is 3.23. The minimum absolute atomic E-state index is 0.0708. The Morgan fingerprint density at radius 2 is 1.91 bits per heavy atom. The van der Waals surface area contributed by atoms with Crippen LogP contribution in [0, 0.1) is 5.92 Å². The van der Waals surface area contributed by atoms with Gasteiger partial charge >= 0.3 is 6.03 Å². The molecule has 0 radical (unpaired) electrons. The summed E-state index contributed by atoms with van der Waals surface area (Å²) in [6, 6.07) is -0.367. The molecule has 2 aliphatic heterocycles. The van der Waals surface area contributed by atoms with Crippen LogP contribution in [0.2, 0.25) is 0 Å². The molecule has 0 bridgehead atoms. The van der Waals surface area contributed by atoms with E-state index in [-0.39, 0.29) is 24.4 Å². The Balaban J connectivity index is 1.58. The number of carbonyl (C=O) groups excluding carboxylic acids is 3. The summed E-state index contributed by atoms with van der Waals surface area (Å²) in [7, 11) is 0. The number of nitrogens with one attached hydrogen (secondary N) is 2. The topological polar surface area (TPSA) is 87.7 Å². The number of carbonyl (C=O) groups is 3. The second kappa shape index (κ2) is 6.47. The van der Waals surface area contributed by atoms with Gasteiger partial charge in [-0.25, -0.2) is 4.79 Å². The molecule has 3 fully saturated rings. The predicted molar refractivity (Wildman–Crippen MR) is 82.6 cm³/mol. The standard InChI is InChI=1S/C16H25N3O4/c1-11-2-6-16(7-3-11)14(21)19(15(22)18-16)10-13(20)17-12-4-8-23-9-5-12/h11-12H,2-10H2,1H3,(H,17,20)(H,18,22). The minimum atomic E-state index is -0.775.